The average molecular weight is 231 g/mol. The lowest BCUT2D eigenvalue weighted by molar-refractivity contribution is 0.304. The average Bonchev–Trinajstić information content (AvgIpc) is 3.18. The molecule has 93 valence electrons. The van der Waals surface area contributed by atoms with Crippen molar-refractivity contribution in [3.8, 4) is 5.75 Å². The zero-order valence-electron chi connectivity index (χ0n) is 10.7. The largest absolute Gasteiger partial charge is 0.494 e. The SMILES string of the molecule is [c]1ccc(OCCCCCCCC2CC2)cc1. The Balaban J connectivity index is 1.38. The van der Waals surface area contributed by atoms with E-state index in [9.17, 15) is 0 Å². The van der Waals surface area contributed by atoms with E-state index < -0.39 is 0 Å². The van der Waals surface area contributed by atoms with Crippen molar-refractivity contribution in [3.05, 3.63) is 30.3 Å². The molecule has 0 heterocycles. The van der Waals surface area contributed by atoms with Crippen LogP contribution in [0.4, 0.5) is 0 Å². The van der Waals surface area contributed by atoms with Gasteiger partial charge in [-0.05, 0) is 30.5 Å². The van der Waals surface area contributed by atoms with Crippen LogP contribution in [0.1, 0.15) is 51.4 Å². The lowest BCUT2D eigenvalue weighted by Crippen LogP contribution is -1.96. The van der Waals surface area contributed by atoms with Crippen LogP contribution in [0.15, 0.2) is 24.3 Å². The first-order valence-corrected chi connectivity index (χ1v) is 7.04. The molecule has 0 aliphatic heterocycles. The Kier molecular flexibility index (Phi) is 5.41. The molecule has 2 rings (SSSR count). The molecule has 17 heavy (non-hydrogen) atoms. The molecule has 1 fully saturated rings. The Hall–Kier alpha value is -0.980. The smallest absolute Gasteiger partial charge is 0.119 e. The molecule has 0 unspecified atom stereocenters. The van der Waals surface area contributed by atoms with Gasteiger partial charge in [0.15, 0.2) is 0 Å². The summed E-state index contributed by atoms with van der Waals surface area (Å²) < 4.78 is 5.64. The molecule has 1 aromatic carbocycles. The zero-order valence-corrected chi connectivity index (χ0v) is 10.7. The number of hydrogen-bond acceptors (Lipinski definition) is 1. The lowest BCUT2D eigenvalue weighted by atomic mass is 10.1. The summed E-state index contributed by atoms with van der Waals surface area (Å²) in [6, 6.07) is 10.7. The molecule has 0 N–H and O–H groups in total. The molecule has 0 saturated heterocycles. The maximum absolute atomic E-state index is 5.64. The maximum atomic E-state index is 5.64. The van der Waals surface area contributed by atoms with Gasteiger partial charge in [0.25, 0.3) is 0 Å². The Morgan fingerprint density at radius 2 is 1.71 bits per heavy atom. The maximum Gasteiger partial charge on any atom is 0.119 e. The molecule has 1 heteroatoms. The summed E-state index contributed by atoms with van der Waals surface area (Å²) in [5.41, 5.74) is 0. The minimum Gasteiger partial charge on any atom is -0.494 e. The second-order valence-electron chi connectivity index (χ2n) is 5.08. The van der Waals surface area contributed by atoms with E-state index in [0.29, 0.717) is 0 Å². The summed E-state index contributed by atoms with van der Waals surface area (Å²) in [6.45, 7) is 0.854. The summed E-state index contributed by atoms with van der Waals surface area (Å²) in [7, 11) is 0. The predicted molar refractivity (Wildman–Crippen MR) is 71.2 cm³/mol. The highest BCUT2D eigenvalue weighted by molar-refractivity contribution is 5.20. The molecule has 0 atom stereocenters. The third kappa shape index (κ3) is 5.76. The summed E-state index contributed by atoms with van der Waals surface area (Å²) in [6.07, 6.45) is 11.2. The monoisotopic (exact) mass is 231 g/mol. The number of ether oxygens (including phenoxy) is 1. The van der Waals surface area contributed by atoms with Crippen LogP contribution < -0.4 is 4.74 Å². The van der Waals surface area contributed by atoms with E-state index in [1.54, 1.807) is 0 Å². The Morgan fingerprint density at radius 3 is 2.47 bits per heavy atom. The van der Waals surface area contributed by atoms with Crippen LogP contribution in [0.5, 0.6) is 5.75 Å². The first-order valence-electron chi connectivity index (χ1n) is 7.04. The van der Waals surface area contributed by atoms with Crippen molar-refractivity contribution in [1.29, 1.82) is 0 Å². The Bertz CT molecular complexity index is 290. The predicted octanol–water partition coefficient (Wildman–Crippen LogP) is 4.62. The van der Waals surface area contributed by atoms with Crippen molar-refractivity contribution in [3.63, 3.8) is 0 Å². The van der Waals surface area contributed by atoms with Crippen molar-refractivity contribution in [2.45, 2.75) is 51.4 Å². The fourth-order valence-corrected chi connectivity index (χ4v) is 2.13. The van der Waals surface area contributed by atoms with Gasteiger partial charge in [0.2, 0.25) is 0 Å². The second kappa shape index (κ2) is 7.37. The van der Waals surface area contributed by atoms with E-state index in [-0.39, 0.29) is 0 Å². The van der Waals surface area contributed by atoms with Crippen molar-refractivity contribution in [2.75, 3.05) is 6.61 Å². The molecule has 1 aliphatic rings. The van der Waals surface area contributed by atoms with E-state index in [2.05, 4.69) is 6.07 Å². The van der Waals surface area contributed by atoms with Crippen molar-refractivity contribution in [1.82, 2.24) is 0 Å². The van der Waals surface area contributed by atoms with Gasteiger partial charge < -0.3 is 4.74 Å². The van der Waals surface area contributed by atoms with Crippen molar-refractivity contribution >= 4 is 0 Å². The highest BCUT2D eigenvalue weighted by Gasteiger charge is 2.19. The molecule has 1 nitrogen and oxygen atoms in total. The normalized spacial score (nSPS) is 14.8. The van der Waals surface area contributed by atoms with E-state index in [0.717, 1.165) is 18.3 Å². The highest BCUT2D eigenvalue weighted by atomic mass is 16.5. The fourth-order valence-electron chi connectivity index (χ4n) is 2.13. The van der Waals surface area contributed by atoms with E-state index in [1.807, 2.05) is 24.3 Å². The number of hydrogen-bond donors (Lipinski definition) is 0. The minimum atomic E-state index is 0.854. The van der Waals surface area contributed by atoms with Crippen LogP contribution in [0.2, 0.25) is 0 Å². The van der Waals surface area contributed by atoms with Gasteiger partial charge >= 0.3 is 0 Å². The molecule has 1 aromatic rings. The van der Waals surface area contributed by atoms with Crippen molar-refractivity contribution < 1.29 is 4.74 Å². The van der Waals surface area contributed by atoms with Gasteiger partial charge in [-0.25, -0.2) is 0 Å². The first kappa shape index (κ1) is 12.5. The summed E-state index contributed by atoms with van der Waals surface area (Å²) in [5, 5.41) is 0. The molecular weight excluding hydrogens is 208 g/mol. The van der Waals surface area contributed by atoms with Gasteiger partial charge in [-0.1, -0.05) is 57.1 Å². The third-order valence-electron chi connectivity index (χ3n) is 3.41. The minimum absolute atomic E-state index is 0.854. The van der Waals surface area contributed by atoms with Crippen LogP contribution in [0.3, 0.4) is 0 Å². The third-order valence-corrected chi connectivity index (χ3v) is 3.41. The molecule has 0 amide bonds. The standard InChI is InChI=1S/C16H23O/c1(2-5-9-15-12-13-15)3-8-14-17-16-10-6-4-7-11-16/h6-7,10-11,15H,1-3,5,8-9,12-14H2. The summed E-state index contributed by atoms with van der Waals surface area (Å²) >= 11 is 0. The van der Waals surface area contributed by atoms with Crippen LogP contribution in [0, 0.1) is 12.0 Å². The summed E-state index contributed by atoms with van der Waals surface area (Å²) in [5.74, 6) is 2.07. The quantitative estimate of drug-likeness (QED) is 0.564. The number of rotatable bonds is 9. The molecule has 0 spiro atoms. The topological polar surface area (TPSA) is 9.23 Å². The van der Waals surface area contributed by atoms with Crippen LogP contribution >= 0.6 is 0 Å². The van der Waals surface area contributed by atoms with Crippen LogP contribution in [-0.4, -0.2) is 6.61 Å². The molecular formula is C16H23O. The van der Waals surface area contributed by atoms with E-state index >= 15 is 0 Å². The molecule has 1 saturated carbocycles. The fraction of sp³-hybridized carbons (Fsp3) is 0.625. The first-order chi connectivity index (χ1) is 8.45. The molecule has 0 bridgehead atoms. The molecule has 0 aromatic heterocycles. The van der Waals surface area contributed by atoms with Crippen molar-refractivity contribution in [2.24, 2.45) is 5.92 Å². The Morgan fingerprint density at radius 1 is 1.00 bits per heavy atom. The van der Waals surface area contributed by atoms with Gasteiger partial charge in [-0.2, -0.15) is 0 Å². The Labute approximate surface area is 105 Å². The van der Waals surface area contributed by atoms with Gasteiger partial charge in [-0.15, -0.1) is 0 Å². The lowest BCUT2D eigenvalue weighted by Gasteiger charge is -2.05. The summed E-state index contributed by atoms with van der Waals surface area (Å²) in [4.78, 5) is 0. The van der Waals surface area contributed by atoms with Crippen LogP contribution in [0.25, 0.3) is 0 Å². The van der Waals surface area contributed by atoms with Gasteiger partial charge in [-0.3, -0.25) is 0 Å². The van der Waals surface area contributed by atoms with E-state index in [4.69, 9.17) is 4.74 Å². The van der Waals surface area contributed by atoms with Gasteiger partial charge in [0.1, 0.15) is 5.75 Å². The van der Waals surface area contributed by atoms with Gasteiger partial charge in [0.05, 0.1) is 6.61 Å². The van der Waals surface area contributed by atoms with E-state index in [1.165, 1.54) is 51.4 Å². The van der Waals surface area contributed by atoms with Crippen LogP contribution in [-0.2, 0) is 0 Å². The van der Waals surface area contributed by atoms with Gasteiger partial charge in [0, 0.05) is 0 Å². The molecule has 1 radical (unpaired) electrons. The number of unbranched alkanes of at least 4 members (excludes halogenated alkanes) is 4. The highest BCUT2D eigenvalue weighted by Crippen LogP contribution is 2.34. The zero-order chi connectivity index (χ0) is 11.8. The second-order valence-corrected chi connectivity index (χ2v) is 5.08. The molecule has 1 aliphatic carbocycles. The number of benzene rings is 1.